The first-order valence-corrected chi connectivity index (χ1v) is 7.40. The van der Waals surface area contributed by atoms with Crippen LogP contribution in [0.5, 0.6) is 0 Å². The molecule has 0 bridgehead atoms. The van der Waals surface area contributed by atoms with Gasteiger partial charge in [0.15, 0.2) is 0 Å². The average molecular weight is 304 g/mol. The minimum atomic E-state index is -0.257. The van der Waals surface area contributed by atoms with Gasteiger partial charge in [0.1, 0.15) is 11.6 Å². The Balaban J connectivity index is 2.39. The number of hydrogen-bond donors (Lipinski definition) is 1. The van der Waals surface area contributed by atoms with E-state index in [1.54, 1.807) is 24.3 Å². The lowest BCUT2D eigenvalue weighted by atomic mass is 9.96. The van der Waals surface area contributed by atoms with Crippen molar-refractivity contribution in [3.8, 4) is 0 Å². The molecule has 4 heteroatoms. The Morgan fingerprint density at radius 1 is 0.909 bits per heavy atom. The molecule has 0 aromatic heterocycles. The second kappa shape index (κ2) is 7.47. The van der Waals surface area contributed by atoms with Crippen LogP contribution in [0.1, 0.15) is 24.1 Å². The van der Waals surface area contributed by atoms with Gasteiger partial charge in [-0.15, -0.1) is 0 Å². The van der Waals surface area contributed by atoms with Crippen LogP contribution in [0, 0.1) is 11.6 Å². The van der Waals surface area contributed by atoms with Crippen LogP contribution in [0.2, 0.25) is 0 Å². The number of likely N-dealkylation sites (N-methyl/N-ethyl adjacent to an activating group) is 2. The molecule has 1 unspecified atom stereocenters. The van der Waals surface area contributed by atoms with Crippen molar-refractivity contribution in [3.05, 3.63) is 71.3 Å². The normalized spacial score (nSPS) is 12.9. The molecule has 0 saturated carbocycles. The van der Waals surface area contributed by atoms with Gasteiger partial charge in [-0.1, -0.05) is 24.3 Å². The van der Waals surface area contributed by atoms with Gasteiger partial charge in [0, 0.05) is 12.6 Å². The summed E-state index contributed by atoms with van der Waals surface area (Å²) in [4.78, 5) is 2.21. The van der Waals surface area contributed by atoms with Gasteiger partial charge in [-0.25, -0.2) is 8.78 Å². The van der Waals surface area contributed by atoms with Crippen molar-refractivity contribution in [1.29, 1.82) is 0 Å². The van der Waals surface area contributed by atoms with Gasteiger partial charge in [0.2, 0.25) is 0 Å². The minimum Gasteiger partial charge on any atom is -0.318 e. The van der Waals surface area contributed by atoms with Crippen molar-refractivity contribution in [2.45, 2.75) is 19.0 Å². The Kier molecular flexibility index (Phi) is 5.63. The molecule has 0 spiro atoms. The predicted octanol–water partition coefficient (Wildman–Crippen LogP) is 3.59. The smallest absolute Gasteiger partial charge is 0.123 e. The summed E-state index contributed by atoms with van der Waals surface area (Å²) >= 11 is 0. The molecule has 118 valence electrons. The zero-order valence-electron chi connectivity index (χ0n) is 13.2. The zero-order valence-corrected chi connectivity index (χ0v) is 13.2. The molecule has 0 amide bonds. The number of rotatable bonds is 6. The standard InChI is InChI=1S/C18H22F2N2/c1-13(12-21-2)22(3)18(14-4-8-16(19)9-5-14)15-6-10-17(20)11-7-15/h4-11,13,18,21H,12H2,1-3H3. The van der Waals surface area contributed by atoms with Crippen molar-refractivity contribution in [3.63, 3.8) is 0 Å². The van der Waals surface area contributed by atoms with E-state index in [1.807, 2.05) is 14.1 Å². The van der Waals surface area contributed by atoms with Crippen LogP contribution in [-0.2, 0) is 0 Å². The molecule has 2 aromatic carbocycles. The third-order valence-electron chi connectivity index (χ3n) is 3.97. The highest BCUT2D eigenvalue weighted by Gasteiger charge is 2.23. The van der Waals surface area contributed by atoms with Crippen LogP contribution in [0.15, 0.2) is 48.5 Å². The van der Waals surface area contributed by atoms with Gasteiger partial charge in [0.05, 0.1) is 6.04 Å². The first-order chi connectivity index (χ1) is 10.5. The maximum Gasteiger partial charge on any atom is 0.123 e. The van der Waals surface area contributed by atoms with Gasteiger partial charge in [-0.2, -0.15) is 0 Å². The molecule has 1 N–H and O–H groups in total. The van der Waals surface area contributed by atoms with E-state index in [0.29, 0.717) is 0 Å². The average Bonchev–Trinajstić information content (AvgIpc) is 2.51. The predicted molar refractivity (Wildman–Crippen MR) is 85.8 cm³/mol. The third kappa shape index (κ3) is 3.90. The van der Waals surface area contributed by atoms with Crippen LogP contribution in [0.3, 0.4) is 0 Å². The highest BCUT2D eigenvalue weighted by atomic mass is 19.1. The van der Waals surface area contributed by atoms with Gasteiger partial charge in [-0.05, 0) is 56.4 Å². The topological polar surface area (TPSA) is 15.3 Å². The van der Waals surface area contributed by atoms with Crippen LogP contribution >= 0.6 is 0 Å². The minimum absolute atomic E-state index is 0.0513. The number of hydrogen-bond acceptors (Lipinski definition) is 2. The van der Waals surface area contributed by atoms with E-state index >= 15 is 0 Å². The molecule has 2 nitrogen and oxygen atoms in total. The van der Waals surface area contributed by atoms with E-state index in [-0.39, 0.29) is 23.7 Å². The first kappa shape index (κ1) is 16.6. The highest BCUT2D eigenvalue weighted by Crippen LogP contribution is 2.29. The van der Waals surface area contributed by atoms with Crippen molar-refractivity contribution >= 4 is 0 Å². The quantitative estimate of drug-likeness (QED) is 0.877. The summed E-state index contributed by atoms with van der Waals surface area (Å²) in [5.74, 6) is -0.514. The fourth-order valence-electron chi connectivity index (χ4n) is 2.65. The second-order valence-electron chi connectivity index (χ2n) is 5.58. The van der Waals surface area contributed by atoms with Crippen molar-refractivity contribution < 1.29 is 8.78 Å². The molecule has 0 fully saturated rings. The van der Waals surface area contributed by atoms with Crippen LogP contribution in [0.25, 0.3) is 0 Å². The van der Waals surface area contributed by atoms with Crippen molar-refractivity contribution in [1.82, 2.24) is 10.2 Å². The van der Waals surface area contributed by atoms with E-state index < -0.39 is 0 Å². The molecule has 0 saturated heterocycles. The summed E-state index contributed by atoms with van der Waals surface area (Å²) < 4.78 is 26.4. The molecule has 2 aromatic rings. The molecular weight excluding hydrogens is 282 g/mol. The summed E-state index contributed by atoms with van der Waals surface area (Å²) in [7, 11) is 3.94. The summed E-state index contributed by atoms with van der Waals surface area (Å²) in [6.07, 6.45) is 0. The van der Waals surface area contributed by atoms with Crippen molar-refractivity contribution in [2.75, 3.05) is 20.6 Å². The number of benzene rings is 2. The lowest BCUT2D eigenvalue weighted by molar-refractivity contribution is 0.209. The molecule has 22 heavy (non-hydrogen) atoms. The van der Waals surface area contributed by atoms with E-state index in [2.05, 4.69) is 17.1 Å². The van der Waals surface area contributed by atoms with E-state index in [4.69, 9.17) is 0 Å². The lowest BCUT2D eigenvalue weighted by Crippen LogP contribution is -2.39. The van der Waals surface area contributed by atoms with Gasteiger partial charge < -0.3 is 5.32 Å². The maximum atomic E-state index is 13.2. The summed E-state index contributed by atoms with van der Waals surface area (Å²) in [5, 5.41) is 3.16. The Labute approximate surface area is 130 Å². The third-order valence-corrected chi connectivity index (χ3v) is 3.97. The molecule has 0 radical (unpaired) electrons. The van der Waals surface area contributed by atoms with Crippen LogP contribution in [0.4, 0.5) is 8.78 Å². The highest BCUT2D eigenvalue weighted by molar-refractivity contribution is 5.32. The molecule has 0 heterocycles. The molecular formula is C18H22F2N2. The fraction of sp³-hybridized carbons (Fsp3) is 0.333. The Bertz CT molecular complexity index is 536. The maximum absolute atomic E-state index is 13.2. The summed E-state index contributed by atoms with van der Waals surface area (Å²) in [5.41, 5.74) is 1.97. The van der Waals surface area contributed by atoms with E-state index in [9.17, 15) is 8.78 Å². The van der Waals surface area contributed by atoms with Gasteiger partial charge in [0.25, 0.3) is 0 Å². The van der Waals surface area contributed by atoms with Gasteiger partial charge in [-0.3, -0.25) is 4.90 Å². The summed E-state index contributed by atoms with van der Waals surface area (Å²) in [6, 6.07) is 13.2. The molecule has 2 rings (SSSR count). The monoisotopic (exact) mass is 304 g/mol. The number of nitrogens with zero attached hydrogens (tertiary/aromatic N) is 1. The molecule has 1 atom stereocenters. The Morgan fingerprint density at radius 3 is 1.68 bits per heavy atom. The molecule has 0 aliphatic heterocycles. The van der Waals surface area contributed by atoms with Crippen molar-refractivity contribution in [2.24, 2.45) is 0 Å². The summed E-state index contributed by atoms with van der Waals surface area (Å²) in [6.45, 7) is 2.95. The number of halogens is 2. The zero-order chi connectivity index (χ0) is 16.1. The lowest BCUT2D eigenvalue weighted by Gasteiger charge is -2.34. The SMILES string of the molecule is CNCC(C)N(C)C(c1ccc(F)cc1)c1ccc(F)cc1. The van der Waals surface area contributed by atoms with E-state index in [0.717, 1.165) is 17.7 Å². The van der Waals surface area contributed by atoms with E-state index in [1.165, 1.54) is 24.3 Å². The fourth-order valence-corrected chi connectivity index (χ4v) is 2.65. The first-order valence-electron chi connectivity index (χ1n) is 7.40. The Morgan fingerprint density at radius 2 is 1.32 bits per heavy atom. The Hall–Kier alpha value is -1.78. The molecule has 0 aliphatic carbocycles. The van der Waals surface area contributed by atoms with Gasteiger partial charge >= 0.3 is 0 Å². The number of nitrogens with one attached hydrogen (secondary N) is 1. The van der Waals surface area contributed by atoms with Crippen LogP contribution < -0.4 is 5.32 Å². The molecule has 0 aliphatic rings. The van der Waals surface area contributed by atoms with Crippen LogP contribution in [-0.4, -0.2) is 31.6 Å². The second-order valence-corrected chi connectivity index (χ2v) is 5.58. The largest absolute Gasteiger partial charge is 0.318 e.